The first-order valence-electron chi connectivity index (χ1n) is 4.07. The van der Waals surface area contributed by atoms with Gasteiger partial charge < -0.3 is 0 Å². The molecular weight excluding hydrogens is 398 g/mol. The normalized spacial score (nSPS) is 9.67. The van der Waals surface area contributed by atoms with E-state index in [9.17, 15) is 0 Å². The summed E-state index contributed by atoms with van der Waals surface area (Å²) >= 11 is 8.55. The molecule has 0 radical (unpaired) electrons. The first kappa shape index (κ1) is 14.1. The van der Waals surface area contributed by atoms with Gasteiger partial charge in [0.05, 0.1) is 0 Å². The fraction of sp³-hybridized carbons (Fsp3) is 0.100. The molecule has 0 nitrogen and oxygen atoms in total. The van der Waals surface area contributed by atoms with Crippen molar-refractivity contribution in [1.29, 1.82) is 0 Å². The zero-order valence-corrected chi connectivity index (χ0v) is 14.1. The van der Waals surface area contributed by atoms with Gasteiger partial charge in [0, 0.05) is 5.02 Å². The third-order valence-electron chi connectivity index (χ3n) is 1.88. The summed E-state index contributed by atoms with van der Waals surface area (Å²) in [6.45, 7) is 2.08. The van der Waals surface area contributed by atoms with E-state index in [2.05, 4.69) is 35.0 Å². The summed E-state index contributed by atoms with van der Waals surface area (Å²) in [6.07, 6.45) is 0. The van der Waals surface area contributed by atoms with Gasteiger partial charge in [0.25, 0.3) is 0 Å². The van der Waals surface area contributed by atoms with Gasteiger partial charge in [-0.3, -0.25) is 0 Å². The zero-order chi connectivity index (χ0) is 11.4. The predicted molar refractivity (Wildman–Crippen MR) is 68.7 cm³/mol. The molecule has 0 spiro atoms. The molecule has 2 rings (SSSR count). The minimum atomic E-state index is -0.826. The van der Waals surface area contributed by atoms with Crippen LogP contribution in [0.4, 0.5) is 0 Å². The van der Waals surface area contributed by atoms with Crippen molar-refractivity contribution < 1.29 is 20.8 Å². The number of hydrogen-bond acceptors (Lipinski definition) is 0. The Morgan fingerprint density at radius 3 is 2.47 bits per heavy atom. The van der Waals surface area contributed by atoms with Crippen molar-refractivity contribution in [2.75, 3.05) is 0 Å². The monoisotopic (exact) mass is 401 g/mol. The van der Waals surface area contributed by atoms with Gasteiger partial charge in [-0.25, -0.2) is 0 Å². The Hall–Kier alpha value is 1.06. The van der Waals surface area contributed by atoms with E-state index in [-0.39, 0.29) is 0 Å². The van der Waals surface area contributed by atoms with Crippen molar-refractivity contribution in [3.63, 3.8) is 0 Å². The molecule has 0 fully saturated rings. The fourth-order valence-electron chi connectivity index (χ4n) is 1.39. The first-order valence-corrected chi connectivity index (χ1v) is 11.6. The molecule has 0 aliphatic rings. The molecule has 0 saturated heterocycles. The van der Waals surface area contributed by atoms with Crippen LogP contribution < -0.4 is 0 Å². The number of halogens is 4. The Morgan fingerprint density at radius 1 is 1.27 bits per heavy atom. The van der Waals surface area contributed by atoms with Crippen molar-refractivity contribution in [1.82, 2.24) is 0 Å². The molecule has 0 aromatic heterocycles. The summed E-state index contributed by atoms with van der Waals surface area (Å²) in [5, 5.41) is 3.21. The van der Waals surface area contributed by atoms with E-state index >= 15 is 0 Å². The van der Waals surface area contributed by atoms with Gasteiger partial charge in [-0.15, -0.1) is 28.5 Å². The van der Waals surface area contributed by atoms with E-state index in [1.165, 1.54) is 16.3 Å². The predicted octanol–water partition coefficient (Wildman–Crippen LogP) is 5.66. The number of benzene rings is 1. The molecule has 0 bridgehead atoms. The Morgan fingerprint density at radius 2 is 1.87 bits per heavy atom. The van der Waals surface area contributed by atoms with Crippen LogP contribution >= 0.6 is 44.6 Å². The second-order valence-electron chi connectivity index (χ2n) is 2.99. The van der Waals surface area contributed by atoms with Gasteiger partial charge >= 0.3 is 37.9 Å². The van der Waals surface area contributed by atoms with E-state index in [1.807, 2.05) is 12.1 Å². The average molecular weight is 405 g/mol. The maximum absolute atomic E-state index is 5.90. The van der Waals surface area contributed by atoms with Crippen LogP contribution in [0.15, 0.2) is 28.7 Å². The number of hydrogen-bond donors (Lipinski definition) is 0. The molecule has 0 heterocycles. The molecule has 2 aromatic carbocycles. The van der Waals surface area contributed by atoms with E-state index in [0.29, 0.717) is 0 Å². The number of aryl methyl sites for hydroxylation is 1. The molecule has 80 valence electrons. The molecule has 0 aliphatic heterocycles. The second kappa shape index (κ2) is 6.71. The van der Waals surface area contributed by atoms with Crippen molar-refractivity contribution in [2.45, 2.75) is 6.92 Å². The molecule has 5 heteroatoms. The Kier molecular flexibility index (Phi) is 6.32. The van der Waals surface area contributed by atoms with Crippen LogP contribution in [0.25, 0.3) is 10.8 Å². The summed E-state index contributed by atoms with van der Waals surface area (Å²) < 4.78 is 1.07. The Labute approximate surface area is 121 Å². The van der Waals surface area contributed by atoms with Gasteiger partial charge in [-0.2, -0.15) is 6.07 Å². The molecule has 15 heavy (non-hydrogen) atoms. The van der Waals surface area contributed by atoms with Gasteiger partial charge in [0.15, 0.2) is 0 Å². The molecule has 0 amide bonds. The minimum absolute atomic E-state index is 0.778. The van der Waals surface area contributed by atoms with Crippen LogP contribution in [0, 0.1) is 6.92 Å². The van der Waals surface area contributed by atoms with Crippen LogP contribution in [-0.4, -0.2) is 0 Å². The Balaban J connectivity index is 0.000000337. The number of fused-ring (bicyclic) bond motifs is 1. The molecule has 2 aromatic rings. The third kappa shape index (κ3) is 4.09. The van der Waals surface area contributed by atoms with Gasteiger partial charge in [-0.1, -0.05) is 34.5 Å². The molecule has 0 N–H and O–H groups in total. The molecule has 0 atom stereocenters. The molecule has 0 saturated carbocycles. The van der Waals surface area contributed by atoms with Crippen molar-refractivity contribution in [2.24, 2.45) is 0 Å². The van der Waals surface area contributed by atoms with Crippen LogP contribution in [0.1, 0.15) is 5.56 Å². The average Bonchev–Trinajstić information content (AvgIpc) is 2.47. The van der Waals surface area contributed by atoms with E-state index < -0.39 is 20.8 Å². The van der Waals surface area contributed by atoms with Crippen LogP contribution in [0.3, 0.4) is 0 Å². The third-order valence-corrected chi connectivity index (χ3v) is 2.76. The van der Waals surface area contributed by atoms with E-state index in [1.54, 1.807) is 0 Å². The summed E-state index contributed by atoms with van der Waals surface area (Å²) in [6, 6.07) is 8.18. The first-order chi connectivity index (χ1) is 7.08. The SMILES string of the molecule is Cc1cc2c(Br)cc(Cl)cc2[cH-]1.[Cl][Zr][Cl]. The van der Waals surface area contributed by atoms with Crippen LogP contribution in [0.5, 0.6) is 0 Å². The fourth-order valence-corrected chi connectivity index (χ4v) is 2.34. The second-order valence-corrected chi connectivity index (χ2v) is 8.02. The summed E-state index contributed by atoms with van der Waals surface area (Å²) in [4.78, 5) is 0. The van der Waals surface area contributed by atoms with Gasteiger partial charge in [-0.05, 0) is 10.5 Å². The van der Waals surface area contributed by atoms with Crippen molar-refractivity contribution in [3.8, 4) is 0 Å². The van der Waals surface area contributed by atoms with Crippen LogP contribution in [0.2, 0.25) is 5.02 Å². The van der Waals surface area contributed by atoms with Crippen LogP contribution in [-0.2, 0) is 20.8 Å². The number of rotatable bonds is 0. The van der Waals surface area contributed by atoms with Gasteiger partial charge in [0.1, 0.15) is 0 Å². The van der Waals surface area contributed by atoms with Gasteiger partial charge in [0.2, 0.25) is 0 Å². The summed E-state index contributed by atoms with van der Waals surface area (Å²) in [7, 11) is 9.87. The van der Waals surface area contributed by atoms with E-state index in [4.69, 9.17) is 28.6 Å². The molecule has 0 unspecified atom stereocenters. The van der Waals surface area contributed by atoms with Crippen molar-refractivity contribution >= 4 is 55.3 Å². The molecular formula is C10H7BrCl3Zr-. The van der Waals surface area contributed by atoms with Crippen molar-refractivity contribution in [3.05, 3.63) is 39.3 Å². The Bertz CT molecular complexity index is 453. The zero-order valence-electron chi connectivity index (χ0n) is 7.82. The summed E-state index contributed by atoms with van der Waals surface area (Å²) in [5.41, 5.74) is 1.27. The quantitative estimate of drug-likeness (QED) is 0.497. The topological polar surface area (TPSA) is 0 Å². The standard InChI is InChI=1S/C10H7BrCl.2ClH.Zr/c1-6-2-7-4-8(12)5-10(11)9(7)3-6;;;/h2-5H,1H3;2*1H;/q-1;;;+2/p-2. The summed E-state index contributed by atoms with van der Waals surface area (Å²) in [5.74, 6) is 0. The maximum atomic E-state index is 5.90. The molecule has 0 aliphatic carbocycles. The van der Waals surface area contributed by atoms with E-state index in [0.717, 1.165) is 9.50 Å².